The average molecular weight is 375 g/mol. The molecule has 0 saturated heterocycles. The van der Waals surface area contributed by atoms with Gasteiger partial charge in [0.2, 0.25) is 0 Å². The van der Waals surface area contributed by atoms with Crippen molar-refractivity contribution >= 4 is 22.4 Å². The van der Waals surface area contributed by atoms with Crippen LogP contribution in [0.4, 0.5) is 5.13 Å². The summed E-state index contributed by atoms with van der Waals surface area (Å²) in [4.78, 5) is 21.0. The maximum atomic E-state index is 12.5. The Labute approximate surface area is 160 Å². The summed E-state index contributed by atoms with van der Waals surface area (Å²) in [6, 6.07) is 13.4. The van der Waals surface area contributed by atoms with Crippen molar-refractivity contribution in [1.29, 1.82) is 0 Å². The van der Waals surface area contributed by atoms with Crippen LogP contribution in [0.5, 0.6) is 0 Å². The summed E-state index contributed by atoms with van der Waals surface area (Å²) in [5, 5.41) is 9.48. The van der Waals surface area contributed by atoms with Crippen LogP contribution in [0.3, 0.4) is 0 Å². The lowest BCUT2D eigenvalue weighted by Gasteiger charge is -2.05. The zero-order valence-corrected chi connectivity index (χ0v) is 15.7. The zero-order valence-electron chi connectivity index (χ0n) is 14.9. The molecule has 2 aromatic heterocycles. The van der Waals surface area contributed by atoms with Crippen LogP contribution in [-0.2, 0) is 0 Å². The highest BCUT2D eigenvalue weighted by molar-refractivity contribution is 7.14. The summed E-state index contributed by atoms with van der Waals surface area (Å²) in [5.74, 6) is -0.193. The number of hydrogen-bond donors (Lipinski definition) is 1. The molecule has 1 amide bonds. The van der Waals surface area contributed by atoms with Crippen molar-refractivity contribution in [3.63, 3.8) is 0 Å². The quantitative estimate of drug-likeness (QED) is 0.578. The number of rotatable bonds is 4. The predicted molar refractivity (Wildman–Crippen MR) is 106 cm³/mol. The molecule has 4 aromatic rings. The number of carbonyl (C=O) groups excluding carboxylic acids is 1. The van der Waals surface area contributed by atoms with E-state index in [9.17, 15) is 4.79 Å². The molecule has 2 aromatic carbocycles. The van der Waals surface area contributed by atoms with E-state index in [4.69, 9.17) is 0 Å². The Bertz CT molecular complexity index is 1080. The summed E-state index contributed by atoms with van der Waals surface area (Å²) in [6.45, 7) is 4.12. The molecule has 0 aliphatic rings. The number of nitrogens with one attached hydrogen (secondary N) is 1. The Hall–Kier alpha value is -3.32. The molecule has 0 aliphatic carbocycles. The Morgan fingerprint density at radius 3 is 2.67 bits per heavy atom. The van der Waals surface area contributed by atoms with Crippen molar-refractivity contribution in [2.45, 2.75) is 13.8 Å². The normalized spacial score (nSPS) is 10.7. The van der Waals surface area contributed by atoms with E-state index in [1.807, 2.05) is 17.5 Å². The van der Waals surface area contributed by atoms with E-state index in [1.165, 1.54) is 23.2 Å². The first-order chi connectivity index (χ1) is 13.1. The van der Waals surface area contributed by atoms with Crippen LogP contribution in [0.15, 0.2) is 60.5 Å². The van der Waals surface area contributed by atoms with Gasteiger partial charge in [0.05, 0.1) is 11.4 Å². The van der Waals surface area contributed by atoms with Crippen LogP contribution in [0, 0.1) is 13.8 Å². The topological polar surface area (TPSA) is 72.7 Å². The molecule has 27 heavy (non-hydrogen) atoms. The summed E-state index contributed by atoms with van der Waals surface area (Å²) in [6.07, 6.45) is 3.08. The summed E-state index contributed by atoms with van der Waals surface area (Å²) in [5.41, 5.74) is 5.70. The van der Waals surface area contributed by atoms with E-state index >= 15 is 0 Å². The molecule has 2 heterocycles. The molecule has 0 fully saturated rings. The van der Waals surface area contributed by atoms with Gasteiger partial charge in [0.15, 0.2) is 5.13 Å². The van der Waals surface area contributed by atoms with E-state index in [1.54, 1.807) is 23.1 Å². The monoisotopic (exact) mass is 375 g/mol. The average Bonchev–Trinajstić information content (AvgIpc) is 3.36. The number of thiazole rings is 1. The molecule has 4 rings (SSSR count). The Balaban J connectivity index is 1.50. The molecular formula is C20H17N5OS. The van der Waals surface area contributed by atoms with Crippen molar-refractivity contribution in [2.75, 3.05) is 5.32 Å². The number of amides is 1. The molecule has 134 valence electrons. The van der Waals surface area contributed by atoms with Crippen LogP contribution in [-0.4, -0.2) is 25.7 Å². The van der Waals surface area contributed by atoms with Crippen LogP contribution in [0.2, 0.25) is 0 Å². The molecule has 0 saturated carbocycles. The standard InChI is InChI=1S/C20H17N5OS/c1-13-3-4-14(2)17(9-13)18-10-27-20(23-18)24-19(26)15-5-7-16(8-6-15)25-12-21-11-22-25/h3-12H,1-2H3,(H,23,24,26). The van der Waals surface area contributed by atoms with Gasteiger partial charge >= 0.3 is 0 Å². The minimum atomic E-state index is -0.193. The van der Waals surface area contributed by atoms with Gasteiger partial charge in [0.25, 0.3) is 5.91 Å². The molecular weight excluding hydrogens is 358 g/mol. The van der Waals surface area contributed by atoms with Gasteiger partial charge < -0.3 is 0 Å². The van der Waals surface area contributed by atoms with Gasteiger partial charge in [-0.05, 0) is 49.7 Å². The lowest BCUT2D eigenvalue weighted by Crippen LogP contribution is -2.11. The number of anilines is 1. The molecule has 0 radical (unpaired) electrons. The van der Waals surface area contributed by atoms with Crippen molar-refractivity contribution in [3.05, 3.63) is 77.2 Å². The summed E-state index contributed by atoms with van der Waals surface area (Å²) in [7, 11) is 0. The number of hydrogen-bond acceptors (Lipinski definition) is 5. The maximum Gasteiger partial charge on any atom is 0.257 e. The maximum absolute atomic E-state index is 12.5. The lowest BCUT2D eigenvalue weighted by molar-refractivity contribution is 0.102. The van der Waals surface area contributed by atoms with Crippen LogP contribution in [0.1, 0.15) is 21.5 Å². The highest BCUT2D eigenvalue weighted by Gasteiger charge is 2.12. The van der Waals surface area contributed by atoms with Crippen LogP contribution >= 0.6 is 11.3 Å². The Morgan fingerprint density at radius 2 is 1.93 bits per heavy atom. The minimum absolute atomic E-state index is 0.193. The summed E-state index contributed by atoms with van der Waals surface area (Å²) < 4.78 is 1.64. The summed E-state index contributed by atoms with van der Waals surface area (Å²) >= 11 is 1.42. The second-order valence-electron chi connectivity index (χ2n) is 6.20. The largest absolute Gasteiger partial charge is 0.298 e. The molecule has 0 aliphatic heterocycles. The highest BCUT2D eigenvalue weighted by Crippen LogP contribution is 2.28. The lowest BCUT2D eigenvalue weighted by atomic mass is 10.0. The van der Waals surface area contributed by atoms with Crippen LogP contribution in [0.25, 0.3) is 16.9 Å². The van der Waals surface area contributed by atoms with Gasteiger partial charge in [-0.1, -0.05) is 17.7 Å². The Morgan fingerprint density at radius 1 is 1.11 bits per heavy atom. The van der Waals surface area contributed by atoms with E-state index in [-0.39, 0.29) is 5.91 Å². The van der Waals surface area contributed by atoms with Gasteiger partial charge in [-0.3, -0.25) is 10.1 Å². The van der Waals surface area contributed by atoms with Gasteiger partial charge in [0.1, 0.15) is 12.7 Å². The number of nitrogens with zero attached hydrogens (tertiary/aromatic N) is 4. The van der Waals surface area contributed by atoms with E-state index in [0.29, 0.717) is 10.7 Å². The predicted octanol–water partition coefficient (Wildman–Crippen LogP) is 4.26. The van der Waals surface area contributed by atoms with Gasteiger partial charge in [-0.15, -0.1) is 11.3 Å². The van der Waals surface area contributed by atoms with Crippen molar-refractivity contribution in [1.82, 2.24) is 19.7 Å². The third-order valence-electron chi connectivity index (χ3n) is 4.21. The van der Waals surface area contributed by atoms with Gasteiger partial charge in [-0.25, -0.2) is 14.6 Å². The first-order valence-electron chi connectivity index (χ1n) is 8.40. The molecule has 7 heteroatoms. The fraction of sp³-hybridized carbons (Fsp3) is 0.100. The Kier molecular flexibility index (Phi) is 4.52. The van der Waals surface area contributed by atoms with Crippen molar-refractivity contribution < 1.29 is 4.79 Å². The third kappa shape index (κ3) is 3.63. The molecule has 6 nitrogen and oxygen atoms in total. The molecule has 0 bridgehead atoms. The first-order valence-corrected chi connectivity index (χ1v) is 9.28. The smallest absolute Gasteiger partial charge is 0.257 e. The molecule has 0 spiro atoms. The second kappa shape index (κ2) is 7.13. The van der Waals surface area contributed by atoms with Gasteiger partial charge in [-0.2, -0.15) is 5.10 Å². The zero-order chi connectivity index (χ0) is 18.8. The first kappa shape index (κ1) is 17.1. The fourth-order valence-electron chi connectivity index (χ4n) is 2.74. The molecule has 0 atom stereocenters. The molecule has 1 N–H and O–H groups in total. The van der Waals surface area contributed by atoms with E-state index < -0.39 is 0 Å². The number of benzene rings is 2. The van der Waals surface area contributed by atoms with Crippen molar-refractivity contribution in [2.24, 2.45) is 0 Å². The minimum Gasteiger partial charge on any atom is -0.298 e. The fourth-order valence-corrected chi connectivity index (χ4v) is 3.45. The molecule has 0 unspecified atom stereocenters. The highest BCUT2D eigenvalue weighted by atomic mass is 32.1. The van der Waals surface area contributed by atoms with E-state index in [2.05, 4.69) is 52.4 Å². The number of carbonyl (C=O) groups is 1. The van der Waals surface area contributed by atoms with Crippen molar-refractivity contribution in [3.8, 4) is 16.9 Å². The third-order valence-corrected chi connectivity index (χ3v) is 4.96. The van der Waals surface area contributed by atoms with E-state index in [0.717, 1.165) is 22.5 Å². The van der Waals surface area contributed by atoms with Crippen LogP contribution < -0.4 is 5.32 Å². The SMILES string of the molecule is Cc1ccc(C)c(-c2csc(NC(=O)c3ccc(-n4cncn4)cc3)n2)c1. The number of aromatic nitrogens is 4. The second-order valence-corrected chi connectivity index (χ2v) is 7.06. The number of aryl methyl sites for hydroxylation is 2. The van der Waals surface area contributed by atoms with Gasteiger partial charge in [0, 0.05) is 16.5 Å².